The van der Waals surface area contributed by atoms with Crippen molar-refractivity contribution in [2.45, 2.75) is 0 Å². The summed E-state index contributed by atoms with van der Waals surface area (Å²) in [6.45, 7) is 0. The van der Waals surface area contributed by atoms with Gasteiger partial charge in [0.25, 0.3) is 0 Å². The average Bonchev–Trinajstić information content (AvgIpc) is 2.60. The maximum atomic E-state index is 4.20. The Morgan fingerprint density at radius 3 is 3.00 bits per heavy atom. The van der Waals surface area contributed by atoms with Gasteiger partial charge in [0.05, 0.1) is 11.7 Å². The fourth-order valence-electron chi connectivity index (χ4n) is 1.53. The molecule has 0 aliphatic heterocycles. The van der Waals surface area contributed by atoms with Crippen LogP contribution < -0.4 is 0 Å². The molecule has 0 unspecified atom stereocenters. The van der Waals surface area contributed by atoms with E-state index in [1.807, 2.05) is 16.9 Å². The van der Waals surface area contributed by atoms with Crippen molar-refractivity contribution in [3.8, 4) is 0 Å². The summed E-state index contributed by atoms with van der Waals surface area (Å²) < 4.78 is 1.91. The van der Waals surface area contributed by atoms with Crippen LogP contribution in [0.1, 0.15) is 0 Å². The number of hydrogen-bond donors (Lipinski definition) is 0. The quantitative estimate of drug-likeness (QED) is 0.468. The van der Waals surface area contributed by atoms with Gasteiger partial charge in [-0.2, -0.15) is 5.10 Å². The maximum Gasteiger partial charge on any atom is 0.0806 e. The van der Waals surface area contributed by atoms with Crippen LogP contribution in [0.4, 0.5) is 0 Å². The molecule has 0 saturated carbocycles. The van der Waals surface area contributed by atoms with Gasteiger partial charge in [-0.1, -0.05) is 18.2 Å². The van der Waals surface area contributed by atoms with E-state index in [4.69, 9.17) is 0 Å². The third-order valence-corrected chi connectivity index (χ3v) is 2.04. The van der Waals surface area contributed by atoms with Crippen LogP contribution in [-0.4, -0.2) is 9.61 Å². The number of benzene rings is 1. The molecule has 0 bridgehead atoms. The molecule has 2 heteroatoms. The van der Waals surface area contributed by atoms with Gasteiger partial charge < -0.3 is 0 Å². The third kappa shape index (κ3) is 0.499. The Labute approximate surface area is 63.4 Å². The van der Waals surface area contributed by atoms with Crippen LogP contribution in [0, 0.1) is 0 Å². The predicted molar refractivity (Wildman–Crippen MR) is 43.9 cm³/mol. The summed E-state index contributed by atoms with van der Waals surface area (Å²) in [7, 11) is 0. The Morgan fingerprint density at radius 1 is 1.09 bits per heavy atom. The lowest BCUT2D eigenvalue weighted by Crippen LogP contribution is -1.75. The summed E-state index contributed by atoms with van der Waals surface area (Å²) in [6, 6.07) is 8.31. The minimum absolute atomic E-state index is 1.22. The first-order valence-corrected chi connectivity index (χ1v) is 3.59. The Morgan fingerprint density at radius 2 is 2.00 bits per heavy atom. The van der Waals surface area contributed by atoms with E-state index in [9.17, 15) is 0 Å². The van der Waals surface area contributed by atoms with Gasteiger partial charge in [0.1, 0.15) is 0 Å². The summed E-state index contributed by atoms with van der Waals surface area (Å²) in [6.07, 6.45) is 3.88. The van der Waals surface area contributed by atoms with Gasteiger partial charge >= 0.3 is 0 Å². The molecular weight excluding hydrogens is 136 g/mol. The van der Waals surface area contributed by atoms with E-state index < -0.39 is 0 Å². The van der Waals surface area contributed by atoms with Crippen LogP contribution in [0.3, 0.4) is 0 Å². The third-order valence-electron chi connectivity index (χ3n) is 2.04. The van der Waals surface area contributed by atoms with Crippen molar-refractivity contribution in [2.75, 3.05) is 0 Å². The van der Waals surface area contributed by atoms with Crippen molar-refractivity contribution in [2.24, 2.45) is 0 Å². The van der Waals surface area contributed by atoms with E-state index >= 15 is 0 Å². The molecular formula is C9H6N2. The molecule has 52 valence electrons. The van der Waals surface area contributed by atoms with Gasteiger partial charge in [0.2, 0.25) is 0 Å². The highest BCUT2D eigenvalue weighted by Gasteiger charge is 2.02. The zero-order valence-electron chi connectivity index (χ0n) is 5.86. The van der Waals surface area contributed by atoms with E-state index in [0.717, 1.165) is 0 Å². The van der Waals surface area contributed by atoms with Crippen molar-refractivity contribution in [3.05, 3.63) is 36.7 Å². The van der Waals surface area contributed by atoms with E-state index in [1.165, 1.54) is 16.3 Å². The van der Waals surface area contributed by atoms with Crippen LogP contribution in [0.5, 0.6) is 0 Å². The number of rotatable bonds is 0. The lowest BCUT2D eigenvalue weighted by atomic mass is 10.2. The van der Waals surface area contributed by atoms with Gasteiger partial charge in [-0.3, -0.25) is 0 Å². The van der Waals surface area contributed by atoms with E-state index in [1.54, 1.807) is 0 Å². The fraction of sp³-hybridized carbons (Fsp3) is 0. The van der Waals surface area contributed by atoms with Crippen LogP contribution in [0.2, 0.25) is 0 Å². The Bertz CT molecular complexity index is 444. The summed E-state index contributed by atoms with van der Waals surface area (Å²) in [5.74, 6) is 0. The zero-order valence-corrected chi connectivity index (χ0v) is 5.86. The molecule has 3 aromatic rings. The monoisotopic (exact) mass is 142 g/mol. The largest absolute Gasteiger partial charge is 0.240 e. The van der Waals surface area contributed by atoms with Crippen molar-refractivity contribution in [1.29, 1.82) is 0 Å². The first-order valence-electron chi connectivity index (χ1n) is 3.59. The van der Waals surface area contributed by atoms with Crippen molar-refractivity contribution < 1.29 is 0 Å². The highest BCUT2D eigenvalue weighted by atomic mass is 15.2. The molecule has 11 heavy (non-hydrogen) atoms. The number of hydrogen-bond acceptors (Lipinski definition) is 1. The molecule has 0 amide bonds. The van der Waals surface area contributed by atoms with Crippen molar-refractivity contribution in [1.82, 2.24) is 9.61 Å². The first kappa shape index (κ1) is 5.13. The van der Waals surface area contributed by atoms with E-state index in [0.29, 0.717) is 0 Å². The van der Waals surface area contributed by atoms with Crippen LogP contribution in [0.25, 0.3) is 16.3 Å². The normalized spacial score (nSPS) is 11.6. The SMILES string of the molecule is c1cc2ccn3ncc(c1)c23. The van der Waals surface area contributed by atoms with E-state index in [2.05, 4.69) is 29.4 Å². The Kier molecular flexibility index (Phi) is 0.714. The van der Waals surface area contributed by atoms with E-state index in [-0.39, 0.29) is 0 Å². The number of para-hydroxylation sites is 1. The van der Waals surface area contributed by atoms with Crippen LogP contribution in [0.15, 0.2) is 36.7 Å². The molecule has 0 saturated heterocycles. The maximum absolute atomic E-state index is 4.20. The molecule has 2 aromatic heterocycles. The summed E-state index contributed by atoms with van der Waals surface area (Å²) >= 11 is 0. The lowest BCUT2D eigenvalue weighted by molar-refractivity contribution is 0.977. The van der Waals surface area contributed by atoms with Gasteiger partial charge in [0.15, 0.2) is 0 Å². The molecule has 0 aliphatic rings. The minimum Gasteiger partial charge on any atom is -0.240 e. The van der Waals surface area contributed by atoms with Gasteiger partial charge in [-0.05, 0) is 6.07 Å². The molecule has 1 aromatic carbocycles. The smallest absolute Gasteiger partial charge is 0.0806 e. The predicted octanol–water partition coefficient (Wildman–Crippen LogP) is 1.93. The molecule has 3 rings (SSSR count). The summed E-state index contributed by atoms with van der Waals surface area (Å²) in [5.41, 5.74) is 1.23. The second kappa shape index (κ2) is 1.53. The van der Waals surface area contributed by atoms with Crippen LogP contribution >= 0.6 is 0 Å². The molecule has 2 heterocycles. The van der Waals surface area contributed by atoms with Gasteiger partial charge in [-0.15, -0.1) is 0 Å². The molecule has 2 nitrogen and oxygen atoms in total. The molecule has 0 spiro atoms. The van der Waals surface area contributed by atoms with Gasteiger partial charge in [0, 0.05) is 17.0 Å². The average molecular weight is 142 g/mol. The molecule has 0 fully saturated rings. The topological polar surface area (TPSA) is 17.3 Å². The van der Waals surface area contributed by atoms with Crippen LogP contribution in [-0.2, 0) is 0 Å². The highest BCUT2D eigenvalue weighted by molar-refractivity contribution is 5.95. The standard InChI is InChI=1S/C9H6N2/c1-2-7-4-5-11-9(7)8(3-1)6-10-11/h1-6H. The molecule has 0 radical (unpaired) electrons. The second-order valence-corrected chi connectivity index (χ2v) is 2.69. The number of nitrogens with zero attached hydrogens (tertiary/aromatic N) is 2. The lowest BCUT2D eigenvalue weighted by Gasteiger charge is -1.86. The Hall–Kier alpha value is -1.57. The van der Waals surface area contributed by atoms with Crippen molar-refractivity contribution >= 4 is 16.3 Å². The summed E-state index contributed by atoms with van der Waals surface area (Å²) in [5, 5.41) is 6.67. The second-order valence-electron chi connectivity index (χ2n) is 2.69. The molecule has 0 N–H and O–H groups in total. The van der Waals surface area contributed by atoms with Crippen molar-refractivity contribution in [3.63, 3.8) is 0 Å². The molecule has 0 aliphatic carbocycles. The molecule has 0 atom stereocenters. The highest BCUT2D eigenvalue weighted by Crippen LogP contribution is 2.20. The first-order chi connectivity index (χ1) is 5.45. The fourth-order valence-corrected chi connectivity index (χ4v) is 1.53. The number of aromatic nitrogens is 2. The minimum atomic E-state index is 1.22. The summed E-state index contributed by atoms with van der Waals surface area (Å²) in [4.78, 5) is 0. The Balaban J connectivity index is 2.83. The zero-order chi connectivity index (χ0) is 7.26. The van der Waals surface area contributed by atoms with Gasteiger partial charge in [-0.25, -0.2) is 4.52 Å².